The van der Waals surface area contributed by atoms with Gasteiger partial charge in [-0.1, -0.05) is 23.1 Å². The lowest BCUT2D eigenvalue weighted by molar-refractivity contribution is -0.148. The van der Waals surface area contributed by atoms with E-state index in [-0.39, 0.29) is 18.8 Å². The number of carbonyl (C=O) groups is 4. The van der Waals surface area contributed by atoms with E-state index in [0.29, 0.717) is 17.1 Å². The third-order valence-corrected chi connectivity index (χ3v) is 7.51. The Hall–Kier alpha value is -2.32. The van der Waals surface area contributed by atoms with Crippen molar-refractivity contribution in [3.05, 3.63) is 16.3 Å². The average molecular weight is 474 g/mol. The smallest absolute Gasteiger partial charge is 0.352 e. The Morgan fingerprint density at radius 1 is 1.37 bits per heavy atom. The molecule has 1 aromatic heterocycles. The van der Waals surface area contributed by atoms with Crippen LogP contribution in [0.1, 0.15) is 11.9 Å². The molecule has 11 nitrogen and oxygen atoms in total. The molecule has 0 saturated carbocycles. The first-order valence-electron chi connectivity index (χ1n) is 8.84. The van der Waals surface area contributed by atoms with Crippen molar-refractivity contribution in [3.63, 3.8) is 0 Å². The van der Waals surface area contributed by atoms with E-state index in [0.717, 1.165) is 9.35 Å². The van der Waals surface area contributed by atoms with E-state index in [2.05, 4.69) is 20.8 Å². The minimum Gasteiger partial charge on any atom is -0.477 e. The number of urea groups is 1. The first kappa shape index (κ1) is 22.4. The van der Waals surface area contributed by atoms with Crippen LogP contribution in [0.15, 0.2) is 15.6 Å². The second kappa shape index (κ2) is 9.66. The van der Waals surface area contributed by atoms with Crippen molar-refractivity contribution < 1.29 is 29.0 Å². The molecule has 14 heteroatoms. The van der Waals surface area contributed by atoms with Crippen LogP contribution in [0.2, 0.25) is 0 Å². The third kappa shape index (κ3) is 4.87. The minimum absolute atomic E-state index is 0.0533. The maximum Gasteiger partial charge on any atom is 0.352 e. The Kier molecular flexibility index (Phi) is 7.20. The quantitative estimate of drug-likeness (QED) is 0.275. The van der Waals surface area contributed by atoms with Crippen LogP contribution in [0.4, 0.5) is 4.79 Å². The number of fused-ring (bicyclic) bond motifs is 1. The zero-order valence-corrected chi connectivity index (χ0v) is 18.5. The van der Waals surface area contributed by atoms with Gasteiger partial charge in [-0.3, -0.25) is 14.5 Å². The summed E-state index contributed by atoms with van der Waals surface area (Å²) in [6, 6.07) is -1.57. The predicted molar refractivity (Wildman–Crippen MR) is 110 cm³/mol. The molecule has 1 saturated heterocycles. The molecule has 30 heavy (non-hydrogen) atoms. The largest absolute Gasteiger partial charge is 0.477 e. The molecule has 162 valence electrons. The van der Waals surface area contributed by atoms with Crippen LogP contribution in [0, 0.1) is 6.92 Å². The zero-order chi connectivity index (χ0) is 21.8. The molecule has 1 unspecified atom stereocenters. The summed E-state index contributed by atoms with van der Waals surface area (Å²) in [6.07, 6.45) is 0. The summed E-state index contributed by atoms with van der Waals surface area (Å²) in [5.41, 5.74) is 0.558. The molecule has 3 amide bonds. The van der Waals surface area contributed by atoms with Gasteiger partial charge in [0, 0.05) is 11.5 Å². The number of aromatic nitrogens is 2. The van der Waals surface area contributed by atoms with Crippen LogP contribution in [0.25, 0.3) is 0 Å². The lowest BCUT2D eigenvalue weighted by atomic mass is 10.0. The Bertz CT molecular complexity index is 904. The average Bonchev–Trinajstić information content (AvgIpc) is 3.13. The number of nitrogens with one attached hydrogen (secondary N) is 2. The van der Waals surface area contributed by atoms with Gasteiger partial charge in [-0.2, -0.15) is 0 Å². The van der Waals surface area contributed by atoms with Gasteiger partial charge in [-0.15, -0.1) is 22.0 Å². The van der Waals surface area contributed by atoms with Gasteiger partial charge < -0.3 is 20.5 Å². The second-order valence-corrected chi connectivity index (χ2v) is 9.66. The Balaban J connectivity index is 1.62. The van der Waals surface area contributed by atoms with Gasteiger partial charge in [-0.05, 0) is 19.4 Å². The normalized spacial score (nSPS) is 20.3. The highest BCUT2D eigenvalue weighted by Gasteiger charge is 2.54. The fraction of sp³-hybridized carbons (Fsp3) is 0.500. The fourth-order valence-corrected chi connectivity index (χ4v) is 6.14. The van der Waals surface area contributed by atoms with Crippen LogP contribution in [0.5, 0.6) is 0 Å². The van der Waals surface area contributed by atoms with Gasteiger partial charge in [-0.25, -0.2) is 9.59 Å². The van der Waals surface area contributed by atoms with Gasteiger partial charge in [0.25, 0.3) is 5.91 Å². The number of ether oxygens (including phenoxy) is 1. The molecule has 2 atom stereocenters. The summed E-state index contributed by atoms with van der Waals surface area (Å²) in [7, 11) is 0. The molecule has 0 bridgehead atoms. The number of thioether (sulfide) groups is 2. The van der Waals surface area contributed by atoms with Crippen molar-refractivity contribution in [2.75, 3.05) is 24.7 Å². The molecule has 1 fully saturated rings. The number of nitrogens with zero attached hydrogens (tertiary/aromatic N) is 3. The number of rotatable bonds is 8. The van der Waals surface area contributed by atoms with E-state index in [9.17, 15) is 24.3 Å². The SMILES string of the molecule is CCOC(=O)CNC(=O)NC1C(=O)N2C(C(=O)O)=C(CSc3nnc(C)s3)CS[C@H]12. The second-order valence-electron chi connectivity index (χ2n) is 6.15. The van der Waals surface area contributed by atoms with Crippen molar-refractivity contribution in [2.45, 2.75) is 29.6 Å². The molecule has 3 rings (SSSR count). The molecule has 0 aromatic carbocycles. The fourth-order valence-electron chi connectivity index (χ4n) is 2.84. The number of amides is 3. The Morgan fingerprint density at radius 2 is 2.13 bits per heavy atom. The van der Waals surface area contributed by atoms with Gasteiger partial charge in [0.2, 0.25) is 0 Å². The van der Waals surface area contributed by atoms with Crippen LogP contribution in [0.3, 0.4) is 0 Å². The molecule has 0 radical (unpaired) electrons. The minimum atomic E-state index is -1.19. The van der Waals surface area contributed by atoms with Crippen LogP contribution < -0.4 is 10.6 Å². The molecular formula is C16H19N5O6S3. The molecule has 2 aliphatic heterocycles. The Labute approximate surface area is 184 Å². The number of esters is 1. The first-order chi connectivity index (χ1) is 14.3. The molecular weight excluding hydrogens is 454 g/mol. The van der Waals surface area contributed by atoms with E-state index < -0.39 is 35.3 Å². The lowest BCUT2D eigenvalue weighted by Gasteiger charge is -2.49. The summed E-state index contributed by atoms with van der Waals surface area (Å²) < 4.78 is 5.44. The number of carbonyl (C=O) groups excluding carboxylic acids is 3. The summed E-state index contributed by atoms with van der Waals surface area (Å²) in [5.74, 6) is -1.51. The van der Waals surface area contributed by atoms with Crippen LogP contribution in [-0.4, -0.2) is 80.2 Å². The predicted octanol–water partition coefficient (Wildman–Crippen LogP) is 0.423. The number of β-lactam (4-membered cyclic amide) rings is 1. The van der Waals surface area contributed by atoms with E-state index in [1.165, 1.54) is 39.8 Å². The van der Waals surface area contributed by atoms with Crippen LogP contribution in [-0.2, 0) is 19.1 Å². The van der Waals surface area contributed by atoms with Crippen molar-refractivity contribution in [2.24, 2.45) is 0 Å². The zero-order valence-electron chi connectivity index (χ0n) is 16.0. The summed E-state index contributed by atoms with van der Waals surface area (Å²) >= 11 is 4.16. The van der Waals surface area contributed by atoms with E-state index in [1.807, 2.05) is 6.92 Å². The Morgan fingerprint density at radius 3 is 2.77 bits per heavy atom. The maximum absolute atomic E-state index is 12.6. The number of carboxylic acids is 1. The van der Waals surface area contributed by atoms with Gasteiger partial charge in [0.1, 0.15) is 28.7 Å². The number of aryl methyl sites for hydroxylation is 1. The van der Waals surface area contributed by atoms with Gasteiger partial charge in [0.05, 0.1) is 6.61 Å². The van der Waals surface area contributed by atoms with Crippen molar-refractivity contribution in [3.8, 4) is 0 Å². The highest BCUT2D eigenvalue weighted by atomic mass is 32.2. The van der Waals surface area contributed by atoms with Gasteiger partial charge >= 0.3 is 18.0 Å². The van der Waals surface area contributed by atoms with E-state index in [1.54, 1.807) is 6.92 Å². The van der Waals surface area contributed by atoms with Gasteiger partial charge in [0.15, 0.2) is 4.34 Å². The number of hydrogen-bond acceptors (Lipinski definition) is 10. The first-order valence-corrected chi connectivity index (χ1v) is 11.7. The summed E-state index contributed by atoms with van der Waals surface area (Å²) in [5, 5.41) is 22.7. The van der Waals surface area contributed by atoms with E-state index in [4.69, 9.17) is 4.74 Å². The molecule has 3 N–H and O–H groups in total. The monoisotopic (exact) mass is 473 g/mol. The number of hydrogen-bond donors (Lipinski definition) is 3. The summed E-state index contributed by atoms with van der Waals surface area (Å²) in [4.78, 5) is 48.9. The standard InChI is InChI=1S/C16H19N5O6S3/c1-3-27-9(22)4-17-15(26)18-10-12(23)21-11(14(24)25)8(5-28-13(10)21)6-29-16-20-19-7(2)30-16/h10,13H,3-6H2,1-2H3,(H,24,25)(H2,17,18,26)/t10?,13-/m1/s1. The molecule has 0 aliphatic carbocycles. The van der Waals surface area contributed by atoms with E-state index >= 15 is 0 Å². The van der Waals surface area contributed by atoms with Crippen molar-refractivity contribution >= 4 is 58.7 Å². The molecule has 0 spiro atoms. The molecule has 2 aliphatic rings. The number of carboxylic acid groups (broad SMARTS) is 1. The van der Waals surface area contributed by atoms with Crippen molar-refractivity contribution in [1.29, 1.82) is 0 Å². The molecule has 3 heterocycles. The topological polar surface area (TPSA) is 151 Å². The highest BCUT2D eigenvalue weighted by molar-refractivity contribution is 8.01. The maximum atomic E-state index is 12.6. The molecule has 1 aromatic rings. The number of aliphatic carboxylic acids is 1. The van der Waals surface area contributed by atoms with Crippen LogP contribution >= 0.6 is 34.9 Å². The van der Waals surface area contributed by atoms with Crippen molar-refractivity contribution in [1.82, 2.24) is 25.7 Å². The lowest BCUT2D eigenvalue weighted by Crippen LogP contribution is -2.71. The highest BCUT2D eigenvalue weighted by Crippen LogP contribution is 2.41. The third-order valence-electron chi connectivity index (χ3n) is 4.11. The summed E-state index contributed by atoms with van der Waals surface area (Å²) in [6.45, 7) is 3.35.